The van der Waals surface area contributed by atoms with Gasteiger partial charge in [-0.3, -0.25) is 14.2 Å². The number of nitrogens with zero attached hydrogens (tertiary/aromatic N) is 2. The fraction of sp³-hybridized carbons (Fsp3) is 0.357. The highest BCUT2D eigenvalue weighted by molar-refractivity contribution is 7.13. The summed E-state index contributed by atoms with van der Waals surface area (Å²) in [6.07, 6.45) is 1.42. The molecular weight excluding hydrogens is 274 g/mol. The van der Waals surface area contributed by atoms with E-state index in [2.05, 4.69) is 10.3 Å². The molecule has 0 fully saturated rings. The van der Waals surface area contributed by atoms with Crippen molar-refractivity contribution in [1.82, 2.24) is 14.9 Å². The number of carbonyl (C=O) groups excluding carboxylic acids is 1. The van der Waals surface area contributed by atoms with E-state index in [9.17, 15) is 9.59 Å². The average Bonchev–Trinajstić information content (AvgIpc) is 2.92. The molecule has 0 saturated carbocycles. The molecule has 0 aliphatic heterocycles. The molecule has 2 rings (SSSR count). The van der Waals surface area contributed by atoms with Crippen LogP contribution in [0.2, 0.25) is 0 Å². The van der Waals surface area contributed by atoms with Gasteiger partial charge in [-0.25, -0.2) is 4.98 Å². The summed E-state index contributed by atoms with van der Waals surface area (Å²) in [5, 5.41) is 4.71. The van der Waals surface area contributed by atoms with Gasteiger partial charge in [0.15, 0.2) is 0 Å². The first-order chi connectivity index (χ1) is 9.56. The summed E-state index contributed by atoms with van der Waals surface area (Å²) in [6.45, 7) is 4.64. The van der Waals surface area contributed by atoms with Crippen LogP contribution in [-0.4, -0.2) is 22.0 Å². The van der Waals surface area contributed by atoms with Crippen LogP contribution in [0.15, 0.2) is 34.7 Å². The number of aromatic nitrogens is 2. The molecule has 0 atom stereocenters. The lowest BCUT2D eigenvalue weighted by molar-refractivity contribution is -0.121. The molecule has 0 aliphatic rings. The van der Waals surface area contributed by atoms with Gasteiger partial charge in [0.25, 0.3) is 5.56 Å². The van der Waals surface area contributed by atoms with Crippen LogP contribution in [0.3, 0.4) is 0 Å². The van der Waals surface area contributed by atoms with Crippen LogP contribution in [0.5, 0.6) is 0 Å². The lowest BCUT2D eigenvalue weighted by Gasteiger charge is -2.09. The van der Waals surface area contributed by atoms with Crippen molar-refractivity contribution in [3.63, 3.8) is 0 Å². The van der Waals surface area contributed by atoms with Gasteiger partial charge in [0, 0.05) is 12.6 Å². The zero-order chi connectivity index (χ0) is 14.5. The van der Waals surface area contributed by atoms with Crippen LogP contribution in [0.25, 0.3) is 10.6 Å². The number of hydrogen-bond donors (Lipinski definition) is 1. The Morgan fingerprint density at radius 3 is 2.90 bits per heavy atom. The first-order valence-electron chi connectivity index (χ1n) is 6.43. The van der Waals surface area contributed by atoms with Gasteiger partial charge >= 0.3 is 0 Å². The van der Waals surface area contributed by atoms with Gasteiger partial charge in [0.05, 0.1) is 16.9 Å². The molecule has 2 heterocycles. The molecule has 2 aromatic rings. The summed E-state index contributed by atoms with van der Waals surface area (Å²) >= 11 is 1.53. The smallest absolute Gasteiger partial charge is 0.254 e. The molecule has 1 N–H and O–H groups in total. The molecule has 0 saturated heterocycles. The highest BCUT2D eigenvalue weighted by Gasteiger charge is 2.07. The molecule has 0 aliphatic carbocycles. The van der Waals surface area contributed by atoms with E-state index in [1.165, 1.54) is 28.3 Å². The largest absolute Gasteiger partial charge is 0.354 e. The average molecular weight is 291 g/mol. The third kappa shape index (κ3) is 3.77. The predicted octanol–water partition coefficient (Wildman–Crippen LogP) is 1.74. The van der Waals surface area contributed by atoms with Crippen LogP contribution >= 0.6 is 11.3 Å². The van der Waals surface area contributed by atoms with Crippen molar-refractivity contribution < 1.29 is 4.79 Å². The number of carbonyl (C=O) groups is 1. The predicted molar refractivity (Wildman–Crippen MR) is 79.7 cm³/mol. The number of rotatable bonds is 5. The Morgan fingerprint density at radius 1 is 1.50 bits per heavy atom. The minimum atomic E-state index is -0.219. The van der Waals surface area contributed by atoms with E-state index in [1.54, 1.807) is 0 Å². The van der Waals surface area contributed by atoms with Crippen molar-refractivity contribution in [3.8, 4) is 10.6 Å². The van der Waals surface area contributed by atoms with E-state index >= 15 is 0 Å². The van der Waals surface area contributed by atoms with E-state index in [0.717, 1.165) is 4.88 Å². The second-order valence-electron chi connectivity index (χ2n) is 4.92. The maximum absolute atomic E-state index is 12.0. The summed E-state index contributed by atoms with van der Waals surface area (Å²) < 4.78 is 1.31. The van der Waals surface area contributed by atoms with Gasteiger partial charge in [0.1, 0.15) is 6.54 Å². The third-order valence-electron chi connectivity index (χ3n) is 2.67. The van der Waals surface area contributed by atoms with E-state index in [4.69, 9.17) is 0 Å². The second-order valence-corrected chi connectivity index (χ2v) is 5.86. The van der Waals surface area contributed by atoms with Gasteiger partial charge in [-0.2, -0.15) is 0 Å². The SMILES string of the molecule is CC(C)CNC(=O)Cn1cnc(-c2cccs2)cc1=O. The lowest BCUT2D eigenvalue weighted by atomic mass is 10.2. The van der Waals surface area contributed by atoms with Crippen molar-refractivity contribution in [2.24, 2.45) is 5.92 Å². The zero-order valence-electron chi connectivity index (χ0n) is 11.5. The second kappa shape index (κ2) is 6.47. The maximum atomic E-state index is 12.0. The van der Waals surface area contributed by atoms with E-state index in [1.807, 2.05) is 31.4 Å². The first-order valence-corrected chi connectivity index (χ1v) is 7.31. The Kier molecular flexibility index (Phi) is 4.68. The highest BCUT2D eigenvalue weighted by Crippen LogP contribution is 2.20. The van der Waals surface area contributed by atoms with Crippen molar-refractivity contribution in [1.29, 1.82) is 0 Å². The van der Waals surface area contributed by atoms with Crippen LogP contribution in [0, 0.1) is 5.92 Å². The Hall–Kier alpha value is -1.95. The van der Waals surface area contributed by atoms with Crippen LogP contribution in [0.4, 0.5) is 0 Å². The zero-order valence-corrected chi connectivity index (χ0v) is 12.3. The molecule has 0 spiro atoms. The standard InChI is InChI=1S/C14H17N3O2S/c1-10(2)7-15-13(18)8-17-9-16-11(6-14(17)19)12-4-3-5-20-12/h3-6,9-10H,7-8H2,1-2H3,(H,15,18). The quantitative estimate of drug-likeness (QED) is 0.912. The number of amides is 1. The van der Waals surface area contributed by atoms with E-state index in [0.29, 0.717) is 18.2 Å². The topological polar surface area (TPSA) is 64.0 Å². The van der Waals surface area contributed by atoms with Gasteiger partial charge in [-0.1, -0.05) is 19.9 Å². The van der Waals surface area contributed by atoms with Gasteiger partial charge in [-0.05, 0) is 17.4 Å². The van der Waals surface area contributed by atoms with E-state index < -0.39 is 0 Å². The summed E-state index contributed by atoms with van der Waals surface area (Å²) in [4.78, 5) is 28.8. The van der Waals surface area contributed by atoms with Crippen LogP contribution < -0.4 is 10.9 Å². The summed E-state index contributed by atoms with van der Waals surface area (Å²) in [6, 6.07) is 5.28. The number of nitrogens with one attached hydrogen (secondary N) is 1. The summed E-state index contributed by atoms with van der Waals surface area (Å²) in [5.41, 5.74) is 0.423. The molecule has 0 bridgehead atoms. The molecule has 0 radical (unpaired) electrons. The molecule has 0 aromatic carbocycles. The Morgan fingerprint density at radius 2 is 2.30 bits per heavy atom. The lowest BCUT2D eigenvalue weighted by Crippen LogP contribution is -2.34. The Labute approximate surface area is 121 Å². The highest BCUT2D eigenvalue weighted by atomic mass is 32.1. The first kappa shape index (κ1) is 14.5. The number of thiophene rings is 1. The summed E-state index contributed by atoms with van der Waals surface area (Å²) in [7, 11) is 0. The minimum Gasteiger partial charge on any atom is -0.354 e. The van der Waals surface area contributed by atoms with Crippen molar-refractivity contribution in [2.45, 2.75) is 20.4 Å². The molecular formula is C14H17N3O2S. The monoisotopic (exact) mass is 291 g/mol. The molecule has 2 aromatic heterocycles. The van der Waals surface area contributed by atoms with Crippen LogP contribution in [0.1, 0.15) is 13.8 Å². The van der Waals surface area contributed by atoms with E-state index in [-0.39, 0.29) is 18.0 Å². The normalized spacial score (nSPS) is 10.8. The molecule has 106 valence electrons. The Balaban J connectivity index is 2.07. The van der Waals surface area contributed by atoms with Crippen molar-refractivity contribution in [2.75, 3.05) is 6.54 Å². The van der Waals surface area contributed by atoms with Crippen molar-refractivity contribution in [3.05, 3.63) is 40.3 Å². The van der Waals surface area contributed by atoms with Crippen LogP contribution in [-0.2, 0) is 11.3 Å². The van der Waals surface area contributed by atoms with Crippen molar-refractivity contribution >= 4 is 17.2 Å². The fourth-order valence-electron chi connectivity index (χ4n) is 1.63. The Bertz CT molecular complexity index is 632. The van der Waals surface area contributed by atoms with Gasteiger partial charge in [0.2, 0.25) is 5.91 Å². The minimum absolute atomic E-state index is 0.00325. The third-order valence-corrected chi connectivity index (χ3v) is 3.57. The maximum Gasteiger partial charge on any atom is 0.254 e. The number of hydrogen-bond acceptors (Lipinski definition) is 4. The molecule has 20 heavy (non-hydrogen) atoms. The summed E-state index contributed by atoms with van der Waals surface area (Å²) in [5.74, 6) is 0.210. The van der Waals surface area contributed by atoms with Gasteiger partial charge < -0.3 is 5.32 Å². The molecule has 1 amide bonds. The molecule has 5 nitrogen and oxygen atoms in total. The molecule has 6 heteroatoms. The molecule has 0 unspecified atom stereocenters. The fourth-order valence-corrected chi connectivity index (χ4v) is 2.33. The van der Waals surface area contributed by atoms with Gasteiger partial charge in [-0.15, -0.1) is 11.3 Å².